The molecule has 2 aromatic heterocycles. The van der Waals surface area contributed by atoms with E-state index in [9.17, 15) is 18.0 Å². The van der Waals surface area contributed by atoms with E-state index in [1.54, 1.807) is 24.3 Å². The molecule has 0 bridgehead atoms. The SMILES string of the molecule is Cc1cc(C)nc(NC(=O)c2ccc3nc(NC4=CCCC=C4C(F)(F)F)[nH]c3c2)c1. The molecule has 0 fully saturated rings. The van der Waals surface area contributed by atoms with Crippen LogP contribution in [0.3, 0.4) is 0 Å². The molecule has 0 spiro atoms. The fraction of sp³-hybridized carbons (Fsp3) is 0.227. The van der Waals surface area contributed by atoms with E-state index >= 15 is 0 Å². The van der Waals surface area contributed by atoms with Crippen molar-refractivity contribution in [2.45, 2.75) is 32.9 Å². The van der Waals surface area contributed by atoms with Gasteiger partial charge in [0.15, 0.2) is 0 Å². The third-order valence-corrected chi connectivity index (χ3v) is 4.80. The van der Waals surface area contributed by atoms with Gasteiger partial charge in [-0.1, -0.05) is 12.2 Å². The van der Waals surface area contributed by atoms with Gasteiger partial charge in [0.1, 0.15) is 5.82 Å². The average molecular weight is 427 g/mol. The number of benzene rings is 1. The Balaban J connectivity index is 1.55. The number of aromatic amines is 1. The molecule has 0 radical (unpaired) electrons. The summed E-state index contributed by atoms with van der Waals surface area (Å²) in [5.41, 5.74) is 2.45. The van der Waals surface area contributed by atoms with E-state index in [1.807, 2.05) is 19.9 Å². The maximum absolute atomic E-state index is 13.2. The highest BCUT2D eigenvalue weighted by molar-refractivity contribution is 6.05. The lowest BCUT2D eigenvalue weighted by molar-refractivity contribution is -0.0896. The molecule has 0 unspecified atom stereocenters. The summed E-state index contributed by atoms with van der Waals surface area (Å²) in [6, 6.07) is 8.51. The monoisotopic (exact) mass is 427 g/mol. The Kier molecular flexibility index (Phi) is 5.26. The molecule has 3 aromatic rings. The van der Waals surface area contributed by atoms with Crippen LogP contribution < -0.4 is 10.6 Å². The van der Waals surface area contributed by atoms with Crippen LogP contribution >= 0.6 is 0 Å². The van der Waals surface area contributed by atoms with E-state index < -0.39 is 11.7 Å². The van der Waals surface area contributed by atoms with Crippen molar-refractivity contribution in [1.82, 2.24) is 15.0 Å². The minimum Gasteiger partial charge on any atom is -0.325 e. The molecule has 9 heteroatoms. The lowest BCUT2D eigenvalue weighted by Gasteiger charge is -2.19. The zero-order valence-corrected chi connectivity index (χ0v) is 16.9. The summed E-state index contributed by atoms with van der Waals surface area (Å²) in [5, 5.41) is 5.48. The van der Waals surface area contributed by atoms with Gasteiger partial charge in [-0.15, -0.1) is 0 Å². The van der Waals surface area contributed by atoms with Crippen LogP contribution in [0.4, 0.5) is 24.9 Å². The van der Waals surface area contributed by atoms with Crippen molar-refractivity contribution in [2.24, 2.45) is 0 Å². The second kappa shape index (κ2) is 7.90. The van der Waals surface area contributed by atoms with Crippen LogP contribution in [0.25, 0.3) is 11.0 Å². The summed E-state index contributed by atoms with van der Waals surface area (Å²) in [5.74, 6) is 0.276. The van der Waals surface area contributed by atoms with Crippen molar-refractivity contribution in [3.8, 4) is 0 Å². The first-order valence-corrected chi connectivity index (χ1v) is 9.70. The van der Waals surface area contributed by atoms with Gasteiger partial charge in [0.05, 0.1) is 16.6 Å². The van der Waals surface area contributed by atoms with E-state index in [2.05, 4.69) is 25.6 Å². The molecule has 0 atom stereocenters. The van der Waals surface area contributed by atoms with Crippen LogP contribution in [0.5, 0.6) is 0 Å². The number of imidazole rings is 1. The number of hydrogen-bond donors (Lipinski definition) is 3. The number of carbonyl (C=O) groups is 1. The number of allylic oxidation sites excluding steroid dienone is 3. The summed E-state index contributed by atoms with van der Waals surface area (Å²) in [4.78, 5) is 24.1. The van der Waals surface area contributed by atoms with Crippen LogP contribution in [-0.4, -0.2) is 27.0 Å². The summed E-state index contributed by atoms with van der Waals surface area (Å²) < 4.78 is 39.7. The second-order valence-corrected chi connectivity index (χ2v) is 7.38. The molecule has 0 saturated carbocycles. The van der Waals surface area contributed by atoms with Gasteiger partial charge in [-0.3, -0.25) is 4.79 Å². The minimum atomic E-state index is -4.45. The second-order valence-electron chi connectivity index (χ2n) is 7.38. The number of rotatable bonds is 4. The molecule has 0 saturated heterocycles. The van der Waals surface area contributed by atoms with Gasteiger partial charge in [0.25, 0.3) is 5.91 Å². The van der Waals surface area contributed by atoms with E-state index in [1.165, 1.54) is 12.2 Å². The maximum Gasteiger partial charge on any atom is 0.418 e. The third kappa shape index (κ3) is 4.60. The Morgan fingerprint density at radius 3 is 2.58 bits per heavy atom. The fourth-order valence-electron chi connectivity index (χ4n) is 3.49. The number of amides is 1. The number of carbonyl (C=O) groups excluding carboxylic acids is 1. The van der Waals surface area contributed by atoms with Crippen molar-refractivity contribution in [1.29, 1.82) is 0 Å². The zero-order valence-electron chi connectivity index (χ0n) is 16.9. The minimum absolute atomic E-state index is 0.0309. The highest BCUT2D eigenvalue weighted by atomic mass is 19.4. The van der Waals surface area contributed by atoms with Gasteiger partial charge in [0.2, 0.25) is 5.95 Å². The number of hydrogen-bond acceptors (Lipinski definition) is 4. The first-order valence-electron chi connectivity index (χ1n) is 9.70. The highest BCUT2D eigenvalue weighted by Gasteiger charge is 2.36. The molecule has 6 nitrogen and oxygen atoms in total. The first-order chi connectivity index (χ1) is 14.7. The van der Waals surface area contributed by atoms with Gasteiger partial charge in [-0.2, -0.15) is 13.2 Å². The largest absolute Gasteiger partial charge is 0.418 e. The van der Waals surface area contributed by atoms with Crippen LogP contribution in [0.15, 0.2) is 53.8 Å². The van der Waals surface area contributed by atoms with E-state index in [0.29, 0.717) is 35.3 Å². The van der Waals surface area contributed by atoms with Crippen LogP contribution in [0, 0.1) is 13.8 Å². The summed E-state index contributed by atoms with van der Waals surface area (Å²) in [6.07, 6.45) is -0.911. The molecule has 31 heavy (non-hydrogen) atoms. The predicted molar refractivity (Wildman–Crippen MR) is 113 cm³/mol. The molecule has 1 aliphatic rings. The zero-order chi connectivity index (χ0) is 22.2. The molecule has 1 amide bonds. The molecule has 160 valence electrons. The van der Waals surface area contributed by atoms with Crippen LogP contribution in [0.1, 0.15) is 34.5 Å². The summed E-state index contributed by atoms with van der Waals surface area (Å²) in [7, 11) is 0. The molecular formula is C22H20F3N5O. The highest BCUT2D eigenvalue weighted by Crippen LogP contribution is 2.34. The van der Waals surface area contributed by atoms with Crippen LogP contribution in [0.2, 0.25) is 0 Å². The molecule has 1 aliphatic carbocycles. The standard InChI is InChI=1S/C22H20F3N5O/c1-12-9-13(2)26-19(10-12)30-20(31)14-7-8-17-18(11-14)29-21(28-17)27-16-6-4-3-5-15(16)22(23,24)25/h5-11H,3-4H2,1-2H3,(H,26,30,31)(H2,27,28,29). The van der Waals surface area contributed by atoms with Gasteiger partial charge >= 0.3 is 6.18 Å². The molecular weight excluding hydrogens is 407 g/mol. The molecule has 4 rings (SSSR count). The Morgan fingerprint density at radius 1 is 1.06 bits per heavy atom. The van der Waals surface area contributed by atoms with Gasteiger partial charge in [0, 0.05) is 17.0 Å². The van der Waals surface area contributed by atoms with Crippen molar-refractivity contribution in [2.75, 3.05) is 10.6 Å². The predicted octanol–water partition coefficient (Wildman–Crippen LogP) is 5.41. The lowest BCUT2D eigenvalue weighted by atomic mass is 10.0. The molecule has 0 aliphatic heterocycles. The number of aromatic nitrogens is 3. The summed E-state index contributed by atoms with van der Waals surface area (Å²) in [6.45, 7) is 3.76. The number of halogens is 3. The third-order valence-electron chi connectivity index (χ3n) is 4.80. The number of alkyl halides is 3. The van der Waals surface area contributed by atoms with Crippen molar-refractivity contribution < 1.29 is 18.0 Å². The molecule has 3 N–H and O–H groups in total. The number of nitrogens with zero attached hydrogens (tertiary/aromatic N) is 2. The Morgan fingerprint density at radius 2 is 1.84 bits per heavy atom. The number of anilines is 2. The smallest absolute Gasteiger partial charge is 0.325 e. The Labute approximate surface area is 176 Å². The van der Waals surface area contributed by atoms with Crippen molar-refractivity contribution >= 4 is 28.7 Å². The van der Waals surface area contributed by atoms with Crippen molar-refractivity contribution in [3.05, 3.63) is 70.6 Å². The summed E-state index contributed by atoms with van der Waals surface area (Å²) >= 11 is 0. The van der Waals surface area contributed by atoms with Crippen LogP contribution in [-0.2, 0) is 0 Å². The van der Waals surface area contributed by atoms with E-state index in [-0.39, 0.29) is 17.6 Å². The first kappa shape index (κ1) is 20.6. The number of aryl methyl sites for hydroxylation is 2. The number of pyridine rings is 1. The lowest BCUT2D eigenvalue weighted by Crippen LogP contribution is -2.20. The van der Waals surface area contributed by atoms with Gasteiger partial charge in [-0.05, 0) is 62.6 Å². The average Bonchev–Trinajstić information content (AvgIpc) is 3.08. The topological polar surface area (TPSA) is 82.7 Å². The van der Waals surface area contributed by atoms with Crippen molar-refractivity contribution in [3.63, 3.8) is 0 Å². The quantitative estimate of drug-likeness (QED) is 0.520. The number of nitrogens with one attached hydrogen (secondary N) is 3. The molecule has 1 aromatic carbocycles. The maximum atomic E-state index is 13.2. The fourth-order valence-corrected chi connectivity index (χ4v) is 3.49. The normalized spacial score (nSPS) is 14.2. The van der Waals surface area contributed by atoms with Gasteiger partial charge in [-0.25, -0.2) is 9.97 Å². The number of fused-ring (bicyclic) bond motifs is 1. The molecule has 2 heterocycles. The Hall–Kier alpha value is -3.62. The Bertz CT molecular complexity index is 1200. The van der Waals surface area contributed by atoms with E-state index in [4.69, 9.17) is 0 Å². The van der Waals surface area contributed by atoms with E-state index in [0.717, 1.165) is 11.3 Å². The number of H-pyrrole nitrogens is 1. The van der Waals surface area contributed by atoms with Gasteiger partial charge < -0.3 is 15.6 Å².